The molecule has 142 valence electrons. The first kappa shape index (κ1) is 19.1. The van der Waals surface area contributed by atoms with E-state index in [1.807, 2.05) is 30.3 Å². The lowest BCUT2D eigenvalue weighted by Crippen LogP contribution is -2.25. The molecule has 27 heavy (non-hydrogen) atoms. The first-order valence-electron chi connectivity index (χ1n) is 8.66. The molecule has 0 aliphatic heterocycles. The topological polar surface area (TPSA) is 85.6 Å². The highest BCUT2D eigenvalue weighted by Gasteiger charge is 2.21. The molecule has 0 aliphatic carbocycles. The highest BCUT2D eigenvalue weighted by Crippen LogP contribution is 2.28. The van der Waals surface area contributed by atoms with E-state index in [1.165, 1.54) is 12.1 Å². The van der Waals surface area contributed by atoms with Crippen molar-refractivity contribution in [2.24, 2.45) is 0 Å². The van der Waals surface area contributed by atoms with Crippen LogP contribution >= 0.6 is 0 Å². The Bertz CT molecular complexity index is 1050. The predicted molar refractivity (Wildman–Crippen MR) is 102 cm³/mol. The highest BCUT2D eigenvalue weighted by molar-refractivity contribution is 7.89. The van der Waals surface area contributed by atoms with Gasteiger partial charge in [-0.05, 0) is 38.0 Å². The average molecular weight is 387 g/mol. The Balaban J connectivity index is 1.80. The molecule has 7 heteroatoms. The Morgan fingerprint density at radius 2 is 1.89 bits per heavy atom. The van der Waals surface area contributed by atoms with Crippen LogP contribution in [-0.2, 0) is 21.2 Å². The summed E-state index contributed by atoms with van der Waals surface area (Å²) in [6.45, 7) is 3.97. The third kappa shape index (κ3) is 4.20. The number of carbonyl (C=O) groups excluding carboxylic acids is 1. The van der Waals surface area contributed by atoms with Crippen LogP contribution in [0.25, 0.3) is 11.0 Å². The van der Waals surface area contributed by atoms with Gasteiger partial charge in [-0.2, -0.15) is 0 Å². The van der Waals surface area contributed by atoms with Crippen molar-refractivity contribution in [2.75, 3.05) is 13.2 Å². The lowest BCUT2D eigenvalue weighted by atomic mass is 10.1. The molecular weight excluding hydrogens is 366 g/mol. The number of nitrogens with one attached hydrogen (secondary N) is 1. The normalized spacial score (nSPS) is 11.6. The van der Waals surface area contributed by atoms with Crippen LogP contribution in [0.5, 0.6) is 0 Å². The summed E-state index contributed by atoms with van der Waals surface area (Å²) >= 11 is 0. The van der Waals surface area contributed by atoms with Crippen LogP contribution in [-0.4, -0.2) is 27.5 Å². The van der Waals surface area contributed by atoms with E-state index < -0.39 is 16.0 Å². The van der Waals surface area contributed by atoms with Crippen molar-refractivity contribution in [1.29, 1.82) is 0 Å². The number of aryl methyl sites for hydroxylation is 1. The number of benzene rings is 2. The lowest BCUT2D eigenvalue weighted by Gasteiger charge is -2.07. The van der Waals surface area contributed by atoms with E-state index in [1.54, 1.807) is 19.9 Å². The van der Waals surface area contributed by atoms with Gasteiger partial charge in [-0.15, -0.1) is 0 Å². The third-order valence-corrected chi connectivity index (χ3v) is 5.69. The second-order valence-electron chi connectivity index (χ2n) is 6.07. The summed E-state index contributed by atoms with van der Waals surface area (Å²) in [5.74, 6) is -0.463. The van der Waals surface area contributed by atoms with Crippen molar-refractivity contribution in [3.05, 3.63) is 65.4 Å². The Morgan fingerprint density at radius 1 is 1.15 bits per heavy atom. The van der Waals surface area contributed by atoms with Gasteiger partial charge in [0.2, 0.25) is 15.8 Å². The van der Waals surface area contributed by atoms with Crippen molar-refractivity contribution in [3.63, 3.8) is 0 Å². The molecule has 1 aromatic heterocycles. The molecular formula is C20H21NO5S. The number of rotatable bonds is 7. The summed E-state index contributed by atoms with van der Waals surface area (Å²) in [5, 5.41) is 0.682. The van der Waals surface area contributed by atoms with E-state index in [9.17, 15) is 13.2 Å². The van der Waals surface area contributed by atoms with Crippen LogP contribution < -0.4 is 4.72 Å². The molecule has 0 spiro atoms. The number of esters is 1. The second-order valence-corrected chi connectivity index (χ2v) is 7.83. The number of sulfonamides is 1. The lowest BCUT2D eigenvalue weighted by molar-refractivity contribution is 0.0491. The molecule has 1 N–H and O–H groups in total. The quantitative estimate of drug-likeness (QED) is 0.628. The maximum absolute atomic E-state index is 12.5. The van der Waals surface area contributed by atoms with Crippen LogP contribution in [0.1, 0.15) is 28.6 Å². The fraction of sp³-hybridized carbons (Fsp3) is 0.250. The highest BCUT2D eigenvalue weighted by atomic mass is 32.2. The van der Waals surface area contributed by atoms with Crippen molar-refractivity contribution < 1.29 is 22.4 Å². The SMILES string of the molecule is CCOC(=O)c1oc2cc(S(=O)(=O)NCCc3ccccc3)ccc2c1C. The standard InChI is InChI=1S/C20H21NO5S/c1-3-25-20(22)19-14(2)17-10-9-16(13-18(17)26-19)27(23,24)21-12-11-15-7-5-4-6-8-15/h4-10,13,21H,3,11-12H2,1-2H3. The summed E-state index contributed by atoms with van der Waals surface area (Å²) in [7, 11) is -3.68. The zero-order chi connectivity index (χ0) is 19.4. The maximum atomic E-state index is 12.5. The van der Waals surface area contributed by atoms with Gasteiger partial charge in [0.1, 0.15) is 5.58 Å². The number of ether oxygens (including phenoxy) is 1. The van der Waals surface area contributed by atoms with Gasteiger partial charge < -0.3 is 9.15 Å². The number of fused-ring (bicyclic) bond motifs is 1. The molecule has 0 radical (unpaired) electrons. The number of furan rings is 1. The molecule has 3 rings (SSSR count). The van der Waals surface area contributed by atoms with Gasteiger partial charge in [0, 0.05) is 23.6 Å². The van der Waals surface area contributed by atoms with Gasteiger partial charge in [-0.25, -0.2) is 17.9 Å². The van der Waals surface area contributed by atoms with Gasteiger partial charge in [0.15, 0.2) is 0 Å². The van der Waals surface area contributed by atoms with Gasteiger partial charge in [0.05, 0.1) is 11.5 Å². The molecule has 0 atom stereocenters. The zero-order valence-corrected chi connectivity index (χ0v) is 16.0. The Labute approximate surface area is 158 Å². The van der Waals surface area contributed by atoms with Crippen LogP contribution in [0.15, 0.2) is 57.8 Å². The fourth-order valence-corrected chi connectivity index (χ4v) is 3.87. The van der Waals surface area contributed by atoms with Gasteiger partial charge in [-0.3, -0.25) is 0 Å². The largest absolute Gasteiger partial charge is 0.460 e. The summed E-state index contributed by atoms with van der Waals surface area (Å²) in [5.41, 5.74) is 2.02. The van der Waals surface area contributed by atoms with Crippen LogP contribution in [0.3, 0.4) is 0 Å². The van der Waals surface area contributed by atoms with Crippen molar-refractivity contribution in [2.45, 2.75) is 25.2 Å². The molecule has 1 heterocycles. The van der Waals surface area contributed by atoms with E-state index in [4.69, 9.17) is 9.15 Å². The van der Waals surface area contributed by atoms with E-state index in [-0.39, 0.29) is 23.8 Å². The van der Waals surface area contributed by atoms with Crippen LogP contribution in [0.4, 0.5) is 0 Å². The molecule has 0 amide bonds. The number of hydrogen-bond acceptors (Lipinski definition) is 5. The molecule has 0 bridgehead atoms. The average Bonchev–Trinajstić information content (AvgIpc) is 2.99. The zero-order valence-electron chi connectivity index (χ0n) is 15.2. The van der Waals surface area contributed by atoms with Crippen molar-refractivity contribution in [1.82, 2.24) is 4.72 Å². The van der Waals surface area contributed by atoms with Gasteiger partial charge in [0.25, 0.3) is 0 Å². The first-order valence-corrected chi connectivity index (χ1v) is 10.1. The molecule has 0 saturated heterocycles. The predicted octanol–water partition coefficient (Wildman–Crippen LogP) is 3.44. The Kier molecular flexibility index (Phi) is 5.62. The number of carbonyl (C=O) groups is 1. The van der Waals surface area contributed by atoms with E-state index in [0.717, 1.165) is 5.56 Å². The van der Waals surface area contributed by atoms with Crippen LogP contribution in [0, 0.1) is 6.92 Å². The van der Waals surface area contributed by atoms with Gasteiger partial charge in [-0.1, -0.05) is 30.3 Å². The summed E-state index contributed by atoms with van der Waals surface area (Å²) in [6.07, 6.45) is 0.592. The molecule has 2 aromatic carbocycles. The molecule has 0 fully saturated rings. The monoisotopic (exact) mass is 387 g/mol. The minimum absolute atomic E-state index is 0.0900. The molecule has 0 unspecified atom stereocenters. The fourth-order valence-electron chi connectivity index (χ4n) is 2.82. The summed E-state index contributed by atoms with van der Waals surface area (Å²) < 4.78 is 38.2. The van der Waals surface area contributed by atoms with E-state index in [0.29, 0.717) is 23.0 Å². The Hall–Kier alpha value is -2.64. The second kappa shape index (κ2) is 7.94. The van der Waals surface area contributed by atoms with Gasteiger partial charge >= 0.3 is 5.97 Å². The summed E-state index contributed by atoms with van der Waals surface area (Å²) in [4.78, 5) is 12.0. The third-order valence-electron chi connectivity index (χ3n) is 4.23. The molecule has 3 aromatic rings. The summed E-state index contributed by atoms with van der Waals surface area (Å²) in [6, 6.07) is 14.2. The minimum atomic E-state index is -3.68. The van der Waals surface area contributed by atoms with Crippen molar-refractivity contribution in [3.8, 4) is 0 Å². The van der Waals surface area contributed by atoms with E-state index in [2.05, 4.69) is 4.72 Å². The smallest absolute Gasteiger partial charge is 0.374 e. The first-order chi connectivity index (χ1) is 12.9. The van der Waals surface area contributed by atoms with Crippen LogP contribution in [0.2, 0.25) is 0 Å². The molecule has 6 nitrogen and oxygen atoms in total. The minimum Gasteiger partial charge on any atom is -0.460 e. The maximum Gasteiger partial charge on any atom is 0.374 e. The van der Waals surface area contributed by atoms with E-state index >= 15 is 0 Å². The molecule has 0 aliphatic rings. The Morgan fingerprint density at radius 3 is 2.59 bits per heavy atom. The van der Waals surface area contributed by atoms with Crippen molar-refractivity contribution >= 4 is 27.0 Å². The molecule has 0 saturated carbocycles. The number of hydrogen-bond donors (Lipinski definition) is 1.